The smallest absolute Gasteiger partial charge is 0.289 e. The Morgan fingerprint density at radius 3 is 2.68 bits per heavy atom. The minimum absolute atomic E-state index is 0.330. The van der Waals surface area contributed by atoms with Gasteiger partial charge in [-0.2, -0.15) is 10.2 Å². The third kappa shape index (κ3) is 7.37. The summed E-state index contributed by atoms with van der Waals surface area (Å²) in [7, 11) is 0. The van der Waals surface area contributed by atoms with E-state index in [4.69, 9.17) is 4.74 Å². The molecule has 0 bridgehead atoms. The highest BCUT2D eigenvalue weighted by Gasteiger charge is 2.10. The van der Waals surface area contributed by atoms with Crippen molar-refractivity contribution in [1.82, 2.24) is 20.6 Å². The average molecular weight is 420 g/mol. The number of hydrazone groups is 1. The number of carbonyl (C=O) groups is 1. The molecular formula is C24H29N5O2. The molecule has 0 saturated carbocycles. The highest BCUT2D eigenvalue weighted by Crippen LogP contribution is 2.21. The van der Waals surface area contributed by atoms with Crippen LogP contribution in [0.3, 0.4) is 0 Å². The van der Waals surface area contributed by atoms with Crippen molar-refractivity contribution in [3.8, 4) is 17.0 Å². The third-order valence-corrected chi connectivity index (χ3v) is 4.79. The number of aromatic amines is 1. The summed E-state index contributed by atoms with van der Waals surface area (Å²) in [5, 5.41) is 10.9. The van der Waals surface area contributed by atoms with Crippen molar-refractivity contribution in [2.24, 2.45) is 5.10 Å². The number of pyridine rings is 1. The second kappa shape index (κ2) is 12.3. The second-order valence-electron chi connectivity index (χ2n) is 7.26. The Morgan fingerprint density at radius 1 is 1.10 bits per heavy atom. The maximum Gasteiger partial charge on any atom is 0.289 e. The highest BCUT2D eigenvalue weighted by molar-refractivity contribution is 5.94. The van der Waals surface area contributed by atoms with Crippen molar-refractivity contribution in [3.63, 3.8) is 0 Å². The molecule has 7 nitrogen and oxygen atoms in total. The number of hydrogen-bond acceptors (Lipinski definition) is 5. The molecule has 0 aliphatic carbocycles. The number of ether oxygens (including phenoxy) is 1. The number of H-pyrrole nitrogens is 1. The van der Waals surface area contributed by atoms with Crippen molar-refractivity contribution < 1.29 is 9.53 Å². The molecule has 0 spiro atoms. The molecule has 31 heavy (non-hydrogen) atoms. The predicted octanol–water partition coefficient (Wildman–Crippen LogP) is 4.97. The van der Waals surface area contributed by atoms with Crippen LogP contribution in [0.1, 0.15) is 61.6 Å². The third-order valence-electron chi connectivity index (χ3n) is 4.79. The van der Waals surface area contributed by atoms with Crippen LogP contribution in [0.5, 0.6) is 5.75 Å². The molecule has 7 heteroatoms. The van der Waals surface area contributed by atoms with E-state index >= 15 is 0 Å². The van der Waals surface area contributed by atoms with E-state index in [9.17, 15) is 4.79 Å². The van der Waals surface area contributed by atoms with Crippen molar-refractivity contribution in [2.45, 2.75) is 45.4 Å². The van der Waals surface area contributed by atoms with Crippen LogP contribution in [-0.2, 0) is 0 Å². The summed E-state index contributed by atoms with van der Waals surface area (Å²) >= 11 is 0. The van der Waals surface area contributed by atoms with Gasteiger partial charge in [0, 0.05) is 11.8 Å². The molecule has 0 aliphatic heterocycles. The minimum Gasteiger partial charge on any atom is -0.494 e. The molecule has 1 aromatic carbocycles. The molecule has 0 fully saturated rings. The summed E-state index contributed by atoms with van der Waals surface area (Å²) < 4.78 is 5.81. The van der Waals surface area contributed by atoms with Crippen molar-refractivity contribution in [2.75, 3.05) is 6.61 Å². The number of unbranched alkanes of at least 4 members (excludes halogenated alkanes) is 5. The van der Waals surface area contributed by atoms with Gasteiger partial charge in [0.15, 0.2) is 0 Å². The first kappa shape index (κ1) is 22.2. The number of amides is 1. The molecule has 3 aromatic rings. The number of rotatable bonds is 12. The van der Waals surface area contributed by atoms with Gasteiger partial charge < -0.3 is 4.74 Å². The summed E-state index contributed by atoms with van der Waals surface area (Å²) in [6, 6.07) is 14.9. The van der Waals surface area contributed by atoms with Crippen LogP contribution in [-0.4, -0.2) is 33.9 Å². The molecule has 2 N–H and O–H groups in total. The van der Waals surface area contributed by atoms with Gasteiger partial charge in [-0.1, -0.05) is 45.1 Å². The number of aromatic nitrogens is 3. The number of nitrogens with zero attached hydrogens (tertiary/aromatic N) is 3. The van der Waals surface area contributed by atoms with Gasteiger partial charge in [-0.25, -0.2) is 5.43 Å². The van der Waals surface area contributed by atoms with Crippen LogP contribution in [0.25, 0.3) is 11.3 Å². The molecule has 0 atom stereocenters. The Balaban J connectivity index is 1.45. The SMILES string of the molecule is CCCCCCCCOc1ccc(-c2cc(C(=O)N/N=C\c3ccccn3)[nH]n2)cc1. The monoisotopic (exact) mass is 419 g/mol. The fourth-order valence-corrected chi connectivity index (χ4v) is 3.05. The van der Waals surface area contributed by atoms with E-state index in [1.165, 1.54) is 38.3 Å². The lowest BCUT2D eigenvalue weighted by molar-refractivity contribution is 0.0950. The lowest BCUT2D eigenvalue weighted by Crippen LogP contribution is -2.18. The van der Waals surface area contributed by atoms with Crippen molar-refractivity contribution >= 4 is 12.1 Å². The van der Waals surface area contributed by atoms with Crippen LogP contribution >= 0.6 is 0 Å². The number of carbonyl (C=O) groups excluding carboxylic acids is 1. The Morgan fingerprint density at radius 2 is 1.90 bits per heavy atom. The van der Waals surface area contributed by atoms with Crippen LogP contribution in [0.15, 0.2) is 59.8 Å². The maximum absolute atomic E-state index is 12.2. The Hall–Kier alpha value is -3.48. The van der Waals surface area contributed by atoms with E-state index in [0.29, 0.717) is 17.1 Å². The Kier molecular flexibility index (Phi) is 8.79. The van der Waals surface area contributed by atoms with E-state index in [1.54, 1.807) is 18.3 Å². The van der Waals surface area contributed by atoms with E-state index in [2.05, 4.69) is 32.6 Å². The summed E-state index contributed by atoms with van der Waals surface area (Å²) in [5.74, 6) is 0.472. The van der Waals surface area contributed by atoms with E-state index in [-0.39, 0.29) is 5.91 Å². The van der Waals surface area contributed by atoms with Gasteiger partial charge in [-0.15, -0.1) is 0 Å². The molecule has 2 aromatic heterocycles. The number of nitrogens with one attached hydrogen (secondary N) is 2. The molecule has 2 heterocycles. The summed E-state index contributed by atoms with van der Waals surface area (Å²) in [6.45, 7) is 2.96. The lowest BCUT2D eigenvalue weighted by atomic mass is 10.1. The van der Waals surface area contributed by atoms with Gasteiger partial charge in [0.25, 0.3) is 5.91 Å². The second-order valence-corrected chi connectivity index (χ2v) is 7.26. The maximum atomic E-state index is 12.2. The van der Waals surface area contributed by atoms with Gasteiger partial charge in [0.2, 0.25) is 0 Å². The standard InChI is InChI=1S/C24H29N5O2/c1-2-3-4-5-6-9-16-31-21-13-11-19(12-14-21)22-17-23(28-27-22)24(30)29-26-18-20-10-7-8-15-25-20/h7-8,10-15,17-18H,2-6,9,16H2,1H3,(H,27,28)(H,29,30)/b26-18-. The fraction of sp³-hybridized carbons (Fsp3) is 0.333. The molecule has 0 saturated heterocycles. The zero-order chi connectivity index (χ0) is 21.7. The van der Waals surface area contributed by atoms with Gasteiger partial charge in [0.05, 0.1) is 24.2 Å². The summed E-state index contributed by atoms with van der Waals surface area (Å²) in [6.07, 6.45) is 10.6. The van der Waals surface area contributed by atoms with Crippen LogP contribution in [0, 0.1) is 0 Å². The molecule has 0 unspecified atom stereocenters. The van der Waals surface area contributed by atoms with Gasteiger partial charge in [-0.05, 0) is 48.9 Å². The molecule has 0 radical (unpaired) electrons. The summed E-state index contributed by atoms with van der Waals surface area (Å²) in [4.78, 5) is 16.3. The Labute approximate surface area is 183 Å². The van der Waals surface area contributed by atoms with Crippen molar-refractivity contribution in [1.29, 1.82) is 0 Å². The fourth-order valence-electron chi connectivity index (χ4n) is 3.05. The minimum atomic E-state index is -0.371. The highest BCUT2D eigenvalue weighted by atomic mass is 16.5. The topological polar surface area (TPSA) is 92.3 Å². The quantitative estimate of drug-likeness (QED) is 0.246. The number of benzene rings is 1. The van der Waals surface area contributed by atoms with E-state index < -0.39 is 0 Å². The zero-order valence-corrected chi connectivity index (χ0v) is 17.9. The largest absolute Gasteiger partial charge is 0.494 e. The van der Waals surface area contributed by atoms with Gasteiger partial charge in [-0.3, -0.25) is 14.9 Å². The van der Waals surface area contributed by atoms with Crippen LogP contribution < -0.4 is 10.2 Å². The first-order valence-electron chi connectivity index (χ1n) is 10.8. The van der Waals surface area contributed by atoms with E-state index in [0.717, 1.165) is 24.3 Å². The lowest BCUT2D eigenvalue weighted by Gasteiger charge is -2.06. The molecule has 0 aliphatic rings. The first-order chi connectivity index (χ1) is 15.3. The normalized spacial score (nSPS) is 11.0. The first-order valence-corrected chi connectivity index (χ1v) is 10.8. The summed E-state index contributed by atoms with van der Waals surface area (Å²) in [5.41, 5.74) is 5.04. The molecule has 1 amide bonds. The van der Waals surface area contributed by atoms with E-state index in [1.807, 2.05) is 36.4 Å². The van der Waals surface area contributed by atoms with Gasteiger partial charge >= 0.3 is 0 Å². The molecular weight excluding hydrogens is 390 g/mol. The van der Waals surface area contributed by atoms with Crippen LogP contribution in [0.2, 0.25) is 0 Å². The zero-order valence-electron chi connectivity index (χ0n) is 17.9. The van der Waals surface area contributed by atoms with Crippen LogP contribution in [0.4, 0.5) is 0 Å². The Bertz CT molecular complexity index is 952. The molecule has 3 rings (SSSR count). The van der Waals surface area contributed by atoms with Gasteiger partial charge in [0.1, 0.15) is 11.4 Å². The average Bonchev–Trinajstić information content (AvgIpc) is 3.30. The predicted molar refractivity (Wildman–Crippen MR) is 122 cm³/mol. The van der Waals surface area contributed by atoms with Crippen molar-refractivity contribution in [3.05, 3.63) is 66.1 Å². The number of hydrogen-bond donors (Lipinski definition) is 2. The molecule has 162 valence electrons.